The maximum atomic E-state index is 4.74. The molecule has 0 aromatic carbocycles. The summed E-state index contributed by atoms with van der Waals surface area (Å²) in [6, 6.07) is 0.607. The number of nitrogens with zero attached hydrogens (tertiary/aromatic N) is 2. The van der Waals surface area contributed by atoms with Crippen LogP contribution in [-0.4, -0.2) is 47.5 Å². The van der Waals surface area contributed by atoms with Gasteiger partial charge in [-0.1, -0.05) is 18.7 Å². The van der Waals surface area contributed by atoms with Gasteiger partial charge in [0.25, 0.3) is 0 Å². The van der Waals surface area contributed by atoms with Crippen molar-refractivity contribution in [2.24, 2.45) is 10.9 Å². The minimum absolute atomic E-state index is 0.375. The van der Waals surface area contributed by atoms with Gasteiger partial charge in [0.2, 0.25) is 0 Å². The number of amidine groups is 1. The summed E-state index contributed by atoms with van der Waals surface area (Å²) in [5, 5.41) is 4.91. The Morgan fingerprint density at radius 2 is 2.11 bits per heavy atom. The molecule has 2 aliphatic rings. The van der Waals surface area contributed by atoms with E-state index in [-0.39, 0.29) is 0 Å². The lowest BCUT2D eigenvalue weighted by Crippen LogP contribution is -2.46. The third kappa shape index (κ3) is 4.12. The Hall–Kier alpha value is -0.220. The van der Waals surface area contributed by atoms with E-state index in [4.69, 9.17) is 4.99 Å². The molecule has 4 heteroatoms. The fourth-order valence-electron chi connectivity index (χ4n) is 2.74. The van der Waals surface area contributed by atoms with Gasteiger partial charge < -0.3 is 10.2 Å². The summed E-state index contributed by atoms with van der Waals surface area (Å²) in [5.74, 6) is 2.14. The molecule has 2 fully saturated rings. The molecular formula is C15H29N3S. The Morgan fingerprint density at radius 1 is 1.42 bits per heavy atom. The molecule has 1 saturated heterocycles. The van der Waals surface area contributed by atoms with Crippen molar-refractivity contribution in [3.05, 3.63) is 0 Å². The molecule has 0 aromatic heterocycles. The third-order valence-corrected chi connectivity index (χ3v) is 5.88. The van der Waals surface area contributed by atoms with Crippen molar-refractivity contribution in [3.8, 4) is 0 Å². The fraction of sp³-hybridized carbons (Fsp3) is 0.933. The first-order chi connectivity index (χ1) is 9.01. The van der Waals surface area contributed by atoms with Crippen molar-refractivity contribution in [1.29, 1.82) is 0 Å². The van der Waals surface area contributed by atoms with Crippen molar-refractivity contribution in [2.45, 2.75) is 58.0 Å². The van der Waals surface area contributed by atoms with Crippen molar-refractivity contribution < 1.29 is 0 Å². The van der Waals surface area contributed by atoms with Gasteiger partial charge >= 0.3 is 0 Å². The standard InChI is InChI=1S/C15H29N3S/c1-12(2)18(4)10-9-16-14-17-15(11-19-14)7-5-13(3)6-8-15/h12-13H,5-11H2,1-4H3,(H,16,17). The summed E-state index contributed by atoms with van der Waals surface area (Å²) >= 11 is 1.93. The highest BCUT2D eigenvalue weighted by atomic mass is 32.2. The summed E-state index contributed by atoms with van der Waals surface area (Å²) in [6.45, 7) is 8.80. The van der Waals surface area contributed by atoms with E-state index < -0.39 is 0 Å². The molecule has 110 valence electrons. The Labute approximate surface area is 122 Å². The van der Waals surface area contributed by atoms with Gasteiger partial charge in [-0.05, 0) is 52.5 Å². The quantitative estimate of drug-likeness (QED) is 0.859. The number of hydrogen-bond donors (Lipinski definition) is 1. The molecule has 3 nitrogen and oxygen atoms in total. The van der Waals surface area contributed by atoms with E-state index in [1.807, 2.05) is 11.8 Å². The molecule has 0 radical (unpaired) electrons. The predicted octanol–water partition coefficient (Wildman–Crippen LogP) is 2.97. The van der Waals surface area contributed by atoms with Gasteiger partial charge in [-0.2, -0.15) is 0 Å². The van der Waals surface area contributed by atoms with Crippen LogP contribution in [0.15, 0.2) is 4.99 Å². The molecular weight excluding hydrogens is 254 g/mol. The lowest BCUT2D eigenvalue weighted by Gasteiger charge is -2.35. The molecule has 1 heterocycles. The van der Waals surface area contributed by atoms with E-state index >= 15 is 0 Å². The number of thioether (sulfide) groups is 1. The first kappa shape index (κ1) is 15.2. The highest BCUT2D eigenvalue weighted by Crippen LogP contribution is 2.38. The van der Waals surface area contributed by atoms with Gasteiger partial charge in [-0.3, -0.25) is 4.99 Å². The maximum Gasteiger partial charge on any atom is 0.157 e. The third-order valence-electron chi connectivity index (χ3n) is 4.68. The molecule has 19 heavy (non-hydrogen) atoms. The van der Waals surface area contributed by atoms with Crippen LogP contribution in [0.4, 0.5) is 0 Å². The predicted molar refractivity (Wildman–Crippen MR) is 86.0 cm³/mol. The highest BCUT2D eigenvalue weighted by molar-refractivity contribution is 8.14. The number of hydrogen-bond acceptors (Lipinski definition) is 3. The van der Waals surface area contributed by atoms with Crippen LogP contribution in [0, 0.1) is 5.92 Å². The lowest BCUT2D eigenvalue weighted by atomic mass is 9.78. The summed E-state index contributed by atoms with van der Waals surface area (Å²) in [7, 11) is 2.17. The van der Waals surface area contributed by atoms with E-state index in [0.717, 1.165) is 19.0 Å². The topological polar surface area (TPSA) is 27.6 Å². The van der Waals surface area contributed by atoms with Crippen molar-refractivity contribution in [1.82, 2.24) is 10.2 Å². The van der Waals surface area contributed by atoms with Crippen LogP contribution >= 0.6 is 11.8 Å². The zero-order chi connectivity index (χ0) is 13.9. The second-order valence-electron chi connectivity index (χ2n) is 6.64. The molecule has 0 amide bonds. The second kappa shape index (κ2) is 6.49. The van der Waals surface area contributed by atoms with Crippen molar-refractivity contribution in [3.63, 3.8) is 0 Å². The average Bonchev–Trinajstić information content (AvgIpc) is 2.77. The van der Waals surface area contributed by atoms with Gasteiger partial charge in [-0.25, -0.2) is 0 Å². The molecule has 0 unspecified atom stereocenters. The first-order valence-electron chi connectivity index (χ1n) is 7.66. The van der Waals surface area contributed by atoms with Gasteiger partial charge in [0.1, 0.15) is 0 Å². The van der Waals surface area contributed by atoms with Crippen LogP contribution in [0.1, 0.15) is 46.5 Å². The lowest BCUT2D eigenvalue weighted by molar-refractivity contribution is 0.250. The van der Waals surface area contributed by atoms with E-state index in [0.29, 0.717) is 11.6 Å². The maximum absolute atomic E-state index is 4.74. The first-order valence-corrected chi connectivity index (χ1v) is 8.65. The van der Waals surface area contributed by atoms with E-state index in [1.54, 1.807) is 0 Å². The molecule has 1 N–H and O–H groups in total. The zero-order valence-electron chi connectivity index (χ0n) is 12.9. The fourth-order valence-corrected chi connectivity index (χ4v) is 3.99. The SMILES string of the molecule is CC1CCC2(CC1)CSC(=NCCN(C)C(C)C)N2. The molecule has 1 aliphatic heterocycles. The minimum atomic E-state index is 0.375. The molecule has 1 spiro atoms. The monoisotopic (exact) mass is 283 g/mol. The van der Waals surface area contributed by atoms with E-state index in [2.05, 4.69) is 38.0 Å². The van der Waals surface area contributed by atoms with Crippen LogP contribution in [0.3, 0.4) is 0 Å². The molecule has 0 bridgehead atoms. The Bertz CT molecular complexity index is 319. The molecule has 0 aromatic rings. The van der Waals surface area contributed by atoms with Gasteiger partial charge in [0, 0.05) is 23.9 Å². The van der Waals surface area contributed by atoms with E-state index in [1.165, 1.54) is 36.6 Å². The minimum Gasteiger partial charge on any atom is -0.359 e. The van der Waals surface area contributed by atoms with Gasteiger partial charge in [-0.15, -0.1) is 0 Å². The van der Waals surface area contributed by atoms with Crippen LogP contribution in [0.5, 0.6) is 0 Å². The number of likely N-dealkylation sites (N-methyl/N-ethyl adjacent to an activating group) is 1. The van der Waals surface area contributed by atoms with Gasteiger partial charge in [0.05, 0.1) is 6.54 Å². The molecule has 1 saturated carbocycles. The average molecular weight is 283 g/mol. The number of nitrogens with one attached hydrogen (secondary N) is 1. The second-order valence-corrected chi connectivity index (χ2v) is 7.60. The molecule has 0 atom stereocenters. The summed E-state index contributed by atoms with van der Waals surface area (Å²) in [6.07, 6.45) is 5.39. The molecule has 1 aliphatic carbocycles. The van der Waals surface area contributed by atoms with Crippen molar-refractivity contribution >= 4 is 16.9 Å². The highest BCUT2D eigenvalue weighted by Gasteiger charge is 2.39. The smallest absolute Gasteiger partial charge is 0.157 e. The normalized spacial score (nSPS) is 33.6. The van der Waals surface area contributed by atoms with E-state index in [9.17, 15) is 0 Å². The van der Waals surface area contributed by atoms with Crippen LogP contribution in [0.2, 0.25) is 0 Å². The van der Waals surface area contributed by atoms with Crippen LogP contribution in [0.25, 0.3) is 0 Å². The Balaban J connectivity index is 1.78. The number of aliphatic imine (C=N–C) groups is 1. The van der Waals surface area contributed by atoms with Gasteiger partial charge in [0.15, 0.2) is 5.17 Å². The van der Waals surface area contributed by atoms with Crippen LogP contribution < -0.4 is 5.32 Å². The van der Waals surface area contributed by atoms with Crippen molar-refractivity contribution in [2.75, 3.05) is 25.9 Å². The molecule has 2 rings (SSSR count). The van der Waals surface area contributed by atoms with Crippen LogP contribution in [-0.2, 0) is 0 Å². The number of rotatable bonds is 4. The summed E-state index contributed by atoms with van der Waals surface area (Å²) in [4.78, 5) is 7.09. The zero-order valence-corrected chi connectivity index (χ0v) is 13.7. The summed E-state index contributed by atoms with van der Waals surface area (Å²) < 4.78 is 0. The Morgan fingerprint density at radius 3 is 2.74 bits per heavy atom. The Kier molecular flexibility index (Phi) is 5.18. The summed E-state index contributed by atoms with van der Waals surface area (Å²) in [5.41, 5.74) is 0.375. The largest absolute Gasteiger partial charge is 0.359 e.